The Kier molecular flexibility index (Phi) is 4.80. The van der Waals surface area contributed by atoms with E-state index in [0.717, 1.165) is 12.3 Å². The molecule has 0 unspecified atom stereocenters. The fourth-order valence-corrected chi connectivity index (χ4v) is 2.93. The van der Waals surface area contributed by atoms with Gasteiger partial charge in [0.1, 0.15) is 29.0 Å². The van der Waals surface area contributed by atoms with Gasteiger partial charge in [-0.15, -0.1) is 0 Å². The second-order valence-corrected chi connectivity index (χ2v) is 6.35. The first-order valence-electron chi connectivity index (χ1n) is 8.59. The van der Waals surface area contributed by atoms with Gasteiger partial charge >= 0.3 is 6.09 Å². The van der Waals surface area contributed by atoms with E-state index in [0.29, 0.717) is 12.3 Å². The second-order valence-electron chi connectivity index (χ2n) is 6.35. The number of halogens is 2. The molecule has 0 spiro atoms. The number of rotatable bonds is 5. The first kappa shape index (κ1) is 18.7. The smallest absolute Gasteiger partial charge is 0.406 e. The van der Waals surface area contributed by atoms with E-state index in [-0.39, 0.29) is 34.2 Å². The second kappa shape index (κ2) is 7.43. The molecule has 0 saturated heterocycles. The molecule has 150 valence electrons. The zero-order chi connectivity index (χ0) is 20.5. The van der Waals surface area contributed by atoms with Crippen LogP contribution in [0.1, 0.15) is 6.92 Å². The first-order chi connectivity index (χ1) is 14.0. The lowest BCUT2D eigenvalue weighted by Gasteiger charge is -2.12. The van der Waals surface area contributed by atoms with Crippen LogP contribution in [0.4, 0.5) is 13.6 Å². The number of pyridine rings is 1. The van der Waals surface area contributed by atoms with Crippen molar-refractivity contribution in [3.63, 3.8) is 0 Å². The number of H-pyrrole nitrogens is 1. The lowest BCUT2D eigenvalue weighted by molar-refractivity contribution is 0.159. The normalized spacial score (nSPS) is 12.4. The number of fused-ring (bicyclic) bond motifs is 2. The van der Waals surface area contributed by atoms with E-state index in [1.165, 1.54) is 30.2 Å². The average molecular weight is 402 g/mol. The fourth-order valence-electron chi connectivity index (χ4n) is 2.93. The monoisotopic (exact) mass is 402 g/mol. The van der Waals surface area contributed by atoms with Crippen LogP contribution in [-0.2, 0) is 4.74 Å². The number of aromatic nitrogens is 5. The van der Waals surface area contributed by atoms with Crippen LogP contribution in [0.2, 0.25) is 0 Å². The Morgan fingerprint density at radius 2 is 2.21 bits per heavy atom. The van der Waals surface area contributed by atoms with Gasteiger partial charge in [0.15, 0.2) is 22.7 Å². The predicted molar refractivity (Wildman–Crippen MR) is 98.5 cm³/mol. The Balaban J connectivity index is 1.68. The number of methoxy groups -OCH3 is 1. The molecule has 4 rings (SSSR count). The van der Waals surface area contributed by atoms with Crippen LogP contribution in [0, 0.1) is 11.6 Å². The molecule has 9 nitrogen and oxygen atoms in total. The SMILES string of the molecule is COC[C@H](C)NC(=O)Oc1c[nH]c2ncc(-c3ncn4cc(F)cc(F)c34)nc12. The van der Waals surface area contributed by atoms with Crippen LogP contribution in [0.3, 0.4) is 0 Å². The molecule has 0 bridgehead atoms. The Hall–Kier alpha value is -3.60. The quantitative estimate of drug-likeness (QED) is 0.532. The summed E-state index contributed by atoms with van der Waals surface area (Å²) in [4.78, 5) is 27.6. The highest BCUT2D eigenvalue weighted by atomic mass is 19.1. The molecule has 0 saturated carbocycles. The minimum absolute atomic E-state index is 0.0594. The number of nitrogens with one attached hydrogen (secondary N) is 2. The van der Waals surface area contributed by atoms with Crippen molar-refractivity contribution in [3.05, 3.63) is 42.6 Å². The van der Waals surface area contributed by atoms with Crippen LogP contribution in [-0.4, -0.2) is 50.2 Å². The van der Waals surface area contributed by atoms with Crippen molar-refractivity contribution in [1.82, 2.24) is 29.7 Å². The van der Waals surface area contributed by atoms with Gasteiger partial charge < -0.3 is 24.2 Å². The van der Waals surface area contributed by atoms with Crippen molar-refractivity contribution < 1.29 is 23.0 Å². The number of carbonyl (C=O) groups is 1. The summed E-state index contributed by atoms with van der Waals surface area (Å²) in [6.45, 7) is 2.09. The number of ether oxygens (including phenoxy) is 2. The van der Waals surface area contributed by atoms with Crippen molar-refractivity contribution >= 4 is 22.8 Å². The summed E-state index contributed by atoms with van der Waals surface area (Å²) >= 11 is 0. The molecule has 4 aromatic rings. The molecular weight excluding hydrogens is 386 g/mol. The summed E-state index contributed by atoms with van der Waals surface area (Å²) < 4.78 is 39.2. The molecule has 1 atom stereocenters. The number of nitrogens with zero attached hydrogens (tertiary/aromatic N) is 4. The van der Waals surface area contributed by atoms with E-state index < -0.39 is 17.7 Å². The van der Waals surface area contributed by atoms with Crippen molar-refractivity contribution in [2.45, 2.75) is 13.0 Å². The van der Waals surface area contributed by atoms with Gasteiger partial charge in [-0.05, 0) is 6.92 Å². The van der Waals surface area contributed by atoms with Gasteiger partial charge in [-0.25, -0.2) is 28.5 Å². The molecule has 11 heteroatoms. The minimum Gasteiger partial charge on any atom is -0.406 e. The molecule has 0 aliphatic rings. The molecule has 29 heavy (non-hydrogen) atoms. The molecular formula is C18H16F2N6O3. The van der Waals surface area contributed by atoms with E-state index in [9.17, 15) is 13.6 Å². The Morgan fingerprint density at radius 1 is 1.38 bits per heavy atom. The summed E-state index contributed by atoms with van der Waals surface area (Å²) in [6, 6.07) is 0.516. The van der Waals surface area contributed by atoms with Crippen molar-refractivity contribution in [3.8, 4) is 17.1 Å². The summed E-state index contributed by atoms with van der Waals surface area (Å²) in [5.41, 5.74) is 1.12. The highest BCUT2D eigenvalue weighted by Gasteiger charge is 2.18. The fraction of sp³-hybridized carbons (Fsp3) is 0.222. The van der Waals surface area contributed by atoms with Gasteiger partial charge in [0.25, 0.3) is 0 Å². The maximum Gasteiger partial charge on any atom is 0.413 e. The molecule has 2 N–H and O–H groups in total. The average Bonchev–Trinajstić information content (AvgIpc) is 3.26. The highest BCUT2D eigenvalue weighted by molar-refractivity contribution is 5.85. The highest BCUT2D eigenvalue weighted by Crippen LogP contribution is 2.28. The zero-order valence-corrected chi connectivity index (χ0v) is 15.4. The standard InChI is InChI=1S/C18H16F2N6O3/c1-9(7-28-2)24-18(27)29-13-5-22-17-15(13)25-12(4-21-17)14-16-11(20)3-10(19)6-26(16)8-23-14/h3-6,8-9H,7H2,1-2H3,(H,21,22)(H,24,27)/t9-/m0/s1. The minimum atomic E-state index is -0.781. The van der Waals surface area contributed by atoms with Crippen LogP contribution >= 0.6 is 0 Å². The third kappa shape index (κ3) is 3.59. The van der Waals surface area contributed by atoms with Crippen LogP contribution in [0.5, 0.6) is 5.75 Å². The van der Waals surface area contributed by atoms with E-state index in [2.05, 4.69) is 25.3 Å². The topological polar surface area (TPSA) is 106 Å². The third-order valence-corrected chi connectivity index (χ3v) is 4.12. The molecule has 1 amide bonds. The summed E-state index contributed by atoms with van der Waals surface area (Å²) in [6.07, 6.45) is 4.54. The van der Waals surface area contributed by atoms with E-state index in [4.69, 9.17) is 9.47 Å². The number of hydrogen-bond donors (Lipinski definition) is 2. The third-order valence-electron chi connectivity index (χ3n) is 4.12. The van der Waals surface area contributed by atoms with Crippen molar-refractivity contribution in [2.75, 3.05) is 13.7 Å². The zero-order valence-electron chi connectivity index (χ0n) is 15.4. The molecule has 0 radical (unpaired) electrons. The van der Waals surface area contributed by atoms with Crippen molar-refractivity contribution in [2.24, 2.45) is 0 Å². The van der Waals surface area contributed by atoms with E-state index in [1.807, 2.05) is 0 Å². The van der Waals surface area contributed by atoms with Crippen LogP contribution < -0.4 is 10.1 Å². The van der Waals surface area contributed by atoms with Gasteiger partial charge in [0, 0.05) is 25.6 Å². The molecule has 0 aliphatic carbocycles. The number of amides is 1. The van der Waals surface area contributed by atoms with Gasteiger partial charge in [-0.3, -0.25) is 0 Å². The molecule has 0 fully saturated rings. The number of carbonyl (C=O) groups excluding carboxylic acids is 1. The lowest BCUT2D eigenvalue weighted by atomic mass is 10.2. The van der Waals surface area contributed by atoms with E-state index >= 15 is 0 Å². The largest absolute Gasteiger partial charge is 0.413 e. The Bertz CT molecular complexity index is 1210. The molecule has 4 aromatic heterocycles. The first-order valence-corrected chi connectivity index (χ1v) is 8.59. The molecule has 0 aromatic carbocycles. The van der Waals surface area contributed by atoms with Gasteiger partial charge in [0.2, 0.25) is 0 Å². The van der Waals surface area contributed by atoms with E-state index in [1.54, 1.807) is 6.92 Å². The summed E-state index contributed by atoms with van der Waals surface area (Å²) in [7, 11) is 1.52. The maximum atomic E-state index is 14.3. The number of aromatic amines is 1. The number of hydrogen-bond acceptors (Lipinski definition) is 6. The number of imidazole rings is 1. The lowest BCUT2D eigenvalue weighted by Crippen LogP contribution is -2.37. The maximum absolute atomic E-state index is 14.3. The summed E-state index contributed by atoms with van der Waals surface area (Å²) in [5.74, 6) is -1.36. The van der Waals surface area contributed by atoms with Gasteiger partial charge in [0.05, 0.1) is 18.8 Å². The summed E-state index contributed by atoms with van der Waals surface area (Å²) in [5, 5.41) is 2.61. The van der Waals surface area contributed by atoms with Crippen molar-refractivity contribution in [1.29, 1.82) is 0 Å². The molecule has 0 aliphatic heterocycles. The predicted octanol–water partition coefficient (Wildman–Crippen LogP) is 2.67. The van der Waals surface area contributed by atoms with Crippen LogP contribution in [0.25, 0.3) is 28.1 Å². The Morgan fingerprint density at radius 3 is 3.00 bits per heavy atom. The van der Waals surface area contributed by atoms with Gasteiger partial charge in [-0.1, -0.05) is 0 Å². The molecule has 4 heterocycles. The van der Waals surface area contributed by atoms with Crippen LogP contribution in [0.15, 0.2) is 31.0 Å². The Labute approximate surface area is 162 Å². The van der Waals surface area contributed by atoms with Gasteiger partial charge in [-0.2, -0.15) is 0 Å².